The highest BCUT2D eigenvalue weighted by atomic mass is 16.5. The molecule has 0 saturated carbocycles. The predicted molar refractivity (Wildman–Crippen MR) is 63.5 cm³/mol. The lowest BCUT2D eigenvalue weighted by Crippen LogP contribution is -2.34. The first-order chi connectivity index (χ1) is 7.90. The summed E-state index contributed by atoms with van der Waals surface area (Å²) in [4.78, 5) is 9.85. The van der Waals surface area contributed by atoms with Crippen molar-refractivity contribution < 1.29 is 4.74 Å². The van der Waals surface area contributed by atoms with E-state index in [2.05, 4.69) is 14.9 Å². The number of nitrogens with one attached hydrogen (secondary N) is 1. The molecule has 0 aromatic carbocycles. The maximum absolute atomic E-state index is 5.07. The molecule has 0 bridgehead atoms. The lowest BCUT2D eigenvalue weighted by atomic mass is 9.94. The van der Waals surface area contributed by atoms with Crippen molar-refractivity contribution in [2.24, 2.45) is 0 Å². The number of ether oxygens (including phenoxy) is 1. The molecule has 2 heterocycles. The van der Waals surface area contributed by atoms with Gasteiger partial charge in [-0.25, -0.2) is 4.98 Å². The number of piperidine rings is 1. The monoisotopic (exact) mass is 223 g/mol. The first-order valence-electron chi connectivity index (χ1n) is 6.09. The summed E-state index contributed by atoms with van der Waals surface area (Å²) in [5.41, 5.74) is 1.30. The van der Waals surface area contributed by atoms with Crippen LogP contribution in [-0.2, 0) is 4.74 Å². The molecule has 90 valence electrons. The number of nitrogens with zero attached hydrogens (tertiary/aromatic N) is 2. The van der Waals surface area contributed by atoms with Crippen LogP contribution in [0.3, 0.4) is 0 Å². The molecule has 4 nitrogen and oxygen atoms in total. The number of rotatable bonds is 5. The number of imidazole rings is 1. The summed E-state index contributed by atoms with van der Waals surface area (Å²) < 4.78 is 5.07. The third-order valence-corrected chi connectivity index (χ3v) is 3.37. The average molecular weight is 223 g/mol. The first-order valence-corrected chi connectivity index (χ1v) is 6.09. The van der Waals surface area contributed by atoms with Crippen molar-refractivity contribution in [3.05, 3.63) is 18.2 Å². The topological polar surface area (TPSA) is 41.1 Å². The number of methoxy groups -OCH3 is 1. The van der Waals surface area contributed by atoms with Gasteiger partial charge in [0.05, 0.1) is 6.33 Å². The molecule has 0 spiro atoms. The van der Waals surface area contributed by atoms with Crippen molar-refractivity contribution in [3.63, 3.8) is 0 Å². The molecule has 1 aromatic heterocycles. The van der Waals surface area contributed by atoms with E-state index in [1.807, 2.05) is 6.20 Å². The van der Waals surface area contributed by atoms with Crippen LogP contribution >= 0.6 is 0 Å². The summed E-state index contributed by atoms with van der Waals surface area (Å²) in [6.45, 7) is 4.45. The summed E-state index contributed by atoms with van der Waals surface area (Å²) in [5.74, 6) is 0.682. The van der Waals surface area contributed by atoms with Crippen LogP contribution in [0.1, 0.15) is 30.9 Å². The molecule has 1 saturated heterocycles. The van der Waals surface area contributed by atoms with E-state index >= 15 is 0 Å². The van der Waals surface area contributed by atoms with E-state index in [1.54, 1.807) is 13.4 Å². The second-order valence-corrected chi connectivity index (χ2v) is 4.47. The normalized spacial score (nSPS) is 19.1. The molecule has 4 heteroatoms. The highest BCUT2D eigenvalue weighted by molar-refractivity contribution is 5.04. The Hall–Kier alpha value is -0.870. The second kappa shape index (κ2) is 6.01. The molecular weight excluding hydrogens is 202 g/mol. The summed E-state index contributed by atoms with van der Waals surface area (Å²) in [7, 11) is 1.77. The Morgan fingerprint density at radius 2 is 2.31 bits per heavy atom. The van der Waals surface area contributed by atoms with Crippen molar-refractivity contribution in [2.75, 3.05) is 33.4 Å². The zero-order valence-electron chi connectivity index (χ0n) is 9.98. The van der Waals surface area contributed by atoms with Gasteiger partial charge in [-0.15, -0.1) is 0 Å². The SMILES string of the molecule is COCCCN1CCC(c2cnc[nH]2)CC1. The second-order valence-electron chi connectivity index (χ2n) is 4.47. The number of hydrogen-bond donors (Lipinski definition) is 1. The minimum absolute atomic E-state index is 0.682. The van der Waals surface area contributed by atoms with Gasteiger partial charge in [-0.05, 0) is 32.4 Å². The van der Waals surface area contributed by atoms with Gasteiger partial charge in [-0.1, -0.05) is 0 Å². The lowest BCUT2D eigenvalue weighted by Gasteiger charge is -2.31. The zero-order chi connectivity index (χ0) is 11.2. The number of likely N-dealkylation sites (tertiary alicyclic amines) is 1. The molecule has 0 atom stereocenters. The van der Waals surface area contributed by atoms with Gasteiger partial charge in [-0.2, -0.15) is 0 Å². The quantitative estimate of drug-likeness (QED) is 0.771. The molecule has 1 aromatic rings. The highest BCUT2D eigenvalue weighted by Crippen LogP contribution is 2.25. The standard InChI is InChI=1S/C12H21N3O/c1-16-8-2-5-15-6-3-11(4-7-15)12-9-13-10-14-12/h9-11H,2-8H2,1H3,(H,13,14). The van der Waals surface area contributed by atoms with Crippen LogP contribution in [0.4, 0.5) is 0 Å². The lowest BCUT2D eigenvalue weighted by molar-refractivity contribution is 0.157. The minimum Gasteiger partial charge on any atom is -0.385 e. The maximum Gasteiger partial charge on any atom is 0.0921 e. The Balaban J connectivity index is 1.70. The molecule has 1 fully saturated rings. The molecule has 0 aliphatic carbocycles. The summed E-state index contributed by atoms with van der Waals surface area (Å²) in [5, 5.41) is 0. The van der Waals surface area contributed by atoms with Crippen LogP contribution in [0.25, 0.3) is 0 Å². The summed E-state index contributed by atoms with van der Waals surface area (Å²) in [6.07, 6.45) is 7.38. The van der Waals surface area contributed by atoms with E-state index in [0.717, 1.165) is 13.0 Å². The fourth-order valence-electron chi connectivity index (χ4n) is 2.39. The van der Waals surface area contributed by atoms with Gasteiger partial charge in [0.1, 0.15) is 0 Å². The molecule has 16 heavy (non-hydrogen) atoms. The van der Waals surface area contributed by atoms with Crippen LogP contribution in [0.5, 0.6) is 0 Å². The summed E-state index contributed by atoms with van der Waals surface area (Å²) in [6, 6.07) is 0. The predicted octanol–water partition coefficient (Wildman–Crippen LogP) is 1.63. The fourth-order valence-corrected chi connectivity index (χ4v) is 2.39. The molecule has 1 aliphatic rings. The molecule has 0 amide bonds. The van der Waals surface area contributed by atoms with Crippen molar-refractivity contribution in [1.82, 2.24) is 14.9 Å². The maximum atomic E-state index is 5.07. The van der Waals surface area contributed by atoms with Gasteiger partial charge in [0.25, 0.3) is 0 Å². The van der Waals surface area contributed by atoms with E-state index in [4.69, 9.17) is 4.74 Å². The third-order valence-electron chi connectivity index (χ3n) is 3.37. The van der Waals surface area contributed by atoms with Crippen LogP contribution in [-0.4, -0.2) is 48.2 Å². The van der Waals surface area contributed by atoms with E-state index < -0.39 is 0 Å². The zero-order valence-corrected chi connectivity index (χ0v) is 9.98. The fraction of sp³-hybridized carbons (Fsp3) is 0.750. The van der Waals surface area contributed by atoms with Gasteiger partial charge in [0.15, 0.2) is 0 Å². The van der Waals surface area contributed by atoms with Crippen LogP contribution in [0.2, 0.25) is 0 Å². The Morgan fingerprint density at radius 1 is 1.50 bits per heavy atom. The van der Waals surface area contributed by atoms with E-state index in [9.17, 15) is 0 Å². The van der Waals surface area contributed by atoms with Crippen molar-refractivity contribution >= 4 is 0 Å². The minimum atomic E-state index is 0.682. The van der Waals surface area contributed by atoms with Crippen LogP contribution in [0.15, 0.2) is 12.5 Å². The smallest absolute Gasteiger partial charge is 0.0921 e. The Kier molecular flexibility index (Phi) is 4.36. The number of aromatic nitrogens is 2. The van der Waals surface area contributed by atoms with Gasteiger partial charge in [0, 0.05) is 38.1 Å². The Bertz CT molecular complexity index is 278. The van der Waals surface area contributed by atoms with E-state index in [0.29, 0.717) is 5.92 Å². The Labute approximate surface area is 97.0 Å². The average Bonchev–Trinajstić information content (AvgIpc) is 2.84. The number of aromatic amines is 1. The third kappa shape index (κ3) is 3.06. The van der Waals surface area contributed by atoms with Gasteiger partial charge in [-0.3, -0.25) is 0 Å². The number of H-pyrrole nitrogens is 1. The van der Waals surface area contributed by atoms with Gasteiger partial charge < -0.3 is 14.6 Å². The molecule has 0 radical (unpaired) electrons. The van der Waals surface area contributed by atoms with Crippen molar-refractivity contribution in [1.29, 1.82) is 0 Å². The summed E-state index contributed by atoms with van der Waals surface area (Å²) >= 11 is 0. The van der Waals surface area contributed by atoms with E-state index in [1.165, 1.54) is 38.2 Å². The van der Waals surface area contributed by atoms with Gasteiger partial charge >= 0.3 is 0 Å². The molecular formula is C12H21N3O. The molecule has 1 N–H and O–H groups in total. The molecule has 0 unspecified atom stereocenters. The molecule has 2 rings (SSSR count). The first kappa shape index (κ1) is 11.6. The molecule has 1 aliphatic heterocycles. The van der Waals surface area contributed by atoms with Crippen LogP contribution in [0, 0.1) is 0 Å². The van der Waals surface area contributed by atoms with Crippen molar-refractivity contribution in [3.8, 4) is 0 Å². The van der Waals surface area contributed by atoms with Crippen molar-refractivity contribution in [2.45, 2.75) is 25.2 Å². The number of hydrogen-bond acceptors (Lipinski definition) is 3. The Morgan fingerprint density at radius 3 is 2.94 bits per heavy atom. The van der Waals surface area contributed by atoms with Gasteiger partial charge in [0.2, 0.25) is 0 Å². The highest BCUT2D eigenvalue weighted by Gasteiger charge is 2.20. The van der Waals surface area contributed by atoms with Crippen LogP contribution < -0.4 is 0 Å². The van der Waals surface area contributed by atoms with E-state index in [-0.39, 0.29) is 0 Å². The largest absolute Gasteiger partial charge is 0.385 e.